The number of nitrogens with zero attached hydrogens (tertiary/aromatic N) is 1. The highest BCUT2D eigenvalue weighted by molar-refractivity contribution is 5.92. The van der Waals surface area contributed by atoms with Gasteiger partial charge in [-0.15, -0.1) is 12.4 Å². The minimum absolute atomic E-state index is 0. The van der Waals surface area contributed by atoms with Crippen LogP contribution in [0.3, 0.4) is 0 Å². The number of urea groups is 1. The quantitative estimate of drug-likeness (QED) is 0.766. The summed E-state index contributed by atoms with van der Waals surface area (Å²) < 4.78 is 0. The van der Waals surface area contributed by atoms with E-state index in [0.717, 1.165) is 5.56 Å². The molecule has 4 N–H and O–H groups in total. The third-order valence-electron chi connectivity index (χ3n) is 3.07. The zero-order valence-electron chi connectivity index (χ0n) is 12.6. The minimum Gasteiger partial charge on any atom is -0.340 e. The van der Waals surface area contributed by atoms with Crippen LogP contribution in [-0.4, -0.2) is 43.0 Å². The third kappa shape index (κ3) is 6.46. The lowest BCUT2D eigenvalue weighted by atomic mass is 10.2. The molecule has 118 valence electrons. The minimum atomic E-state index is -0.405. The van der Waals surface area contributed by atoms with Crippen molar-refractivity contribution in [1.82, 2.24) is 10.2 Å². The van der Waals surface area contributed by atoms with Crippen molar-refractivity contribution in [1.29, 1.82) is 0 Å². The van der Waals surface area contributed by atoms with Crippen LogP contribution in [-0.2, 0) is 4.79 Å². The number of rotatable bonds is 5. The number of anilines is 1. The topological polar surface area (TPSA) is 87.5 Å². The van der Waals surface area contributed by atoms with Crippen LogP contribution in [0.25, 0.3) is 0 Å². The molecule has 0 saturated heterocycles. The van der Waals surface area contributed by atoms with E-state index in [2.05, 4.69) is 10.6 Å². The van der Waals surface area contributed by atoms with E-state index in [1.165, 1.54) is 4.90 Å². The van der Waals surface area contributed by atoms with Crippen molar-refractivity contribution in [3.63, 3.8) is 0 Å². The summed E-state index contributed by atoms with van der Waals surface area (Å²) in [6.45, 7) is 4.12. The van der Waals surface area contributed by atoms with Crippen LogP contribution < -0.4 is 16.4 Å². The van der Waals surface area contributed by atoms with E-state index in [0.29, 0.717) is 12.2 Å². The lowest BCUT2D eigenvalue weighted by Crippen LogP contribution is -2.45. The Balaban J connectivity index is 0.00000400. The standard InChI is InChI=1S/C14H22N4O2.ClH/c1-10-5-4-6-12(7-10)17-14(20)16-9-13(19)18(3)11(2)8-15;/h4-7,11H,8-9,15H2,1-3H3,(H2,16,17,20);1H. The Morgan fingerprint density at radius 1 is 1.38 bits per heavy atom. The van der Waals surface area contributed by atoms with Gasteiger partial charge in [-0.1, -0.05) is 12.1 Å². The number of amides is 3. The lowest BCUT2D eigenvalue weighted by molar-refractivity contribution is -0.130. The molecule has 3 amide bonds. The highest BCUT2D eigenvalue weighted by atomic mass is 35.5. The van der Waals surface area contributed by atoms with Gasteiger partial charge in [0.1, 0.15) is 0 Å². The van der Waals surface area contributed by atoms with Gasteiger partial charge in [0.25, 0.3) is 0 Å². The molecule has 0 fully saturated rings. The first-order valence-corrected chi connectivity index (χ1v) is 6.51. The number of nitrogens with one attached hydrogen (secondary N) is 2. The van der Waals surface area contributed by atoms with Crippen molar-refractivity contribution in [2.75, 3.05) is 25.5 Å². The molecule has 1 unspecified atom stereocenters. The molecule has 0 aliphatic heterocycles. The van der Waals surface area contributed by atoms with Crippen LogP contribution in [0.15, 0.2) is 24.3 Å². The second kappa shape index (κ2) is 9.20. The summed E-state index contributed by atoms with van der Waals surface area (Å²) in [5.74, 6) is -0.178. The molecule has 1 rings (SSSR count). The smallest absolute Gasteiger partial charge is 0.319 e. The number of carbonyl (C=O) groups is 2. The fourth-order valence-electron chi connectivity index (χ4n) is 1.58. The number of benzene rings is 1. The maximum absolute atomic E-state index is 11.8. The van der Waals surface area contributed by atoms with Gasteiger partial charge in [0, 0.05) is 25.3 Å². The predicted octanol–water partition coefficient (Wildman–Crippen LogP) is 1.34. The summed E-state index contributed by atoms with van der Waals surface area (Å²) in [5.41, 5.74) is 7.23. The molecule has 1 atom stereocenters. The van der Waals surface area contributed by atoms with Gasteiger partial charge >= 0.3 is 6.03 Å². The van der Waals surface area contributed by atoms with E-state index in [4.69, 9.17) is 5.73 Å². The molecular formula is C14H23ClN4O2. The SMILES string of the molecule is Cc1cccc(NC(=O)NCC(=O)N(C)C(C)CN)c1.Cl. The molecule has 0 aromatic heterocycles. The molecule has 0 radical (unpaired) electrons. The molecular weight excluding hydrogens is 292 g/mol. The van der Waals surface area contributed by atoms with Gasteiger partial charge in [0.15, 0.2) is 0 Å². The first-order valence-electron chi connectivity index (χ1n) is 6.51. The number of likely N-dealkylation sites (N-methyl/N-ethyl adjacent to an activating group) is 1. The van der Waals surface area contributed by atoms with Crippen molar-refractivity contribution in [3.05, 3.63) is 29.8 Å². The Bertz CT molecular complexity index is 482. The molecule has 0 aliphatic rings. The molecule has 6 nitrogen and oxygen atoms in total. The summed E-state index contributed by atoms with van der Waals surface area (Å²) in [6.07, 6.45) is 0. The first kappa shape index (κ1) is 19.2. The van der Waals surface area contributed by atoms with E-state index in [-0.39, 0.29) is 30.9 Å². The predicted molar refractivity (Wildman–Crippen MR) is 86.7 cm³/mol. The second-order valence-corrected chi connectivity index (χ2v) is 4.77. The van der Waals surface area contributed by atoms with E-state index >= 15 is 0 Å². The number of halogens is 1. The Morgan fingerprint density at radius 2 is 2.05 bits per heavy atom. The van der Waals surface area contributed by atoms with Crippen LogP contribution in [0.1, 0.15) is 12.5 Å². The van der Waals surface area contributed by atoms with Gasteiger partial charge in [-0.3, -0.25) is 4.79 Å². The molecule has 0 aliphatic carbocycles. The summed E-state index contributed by atoms with van der Waals surface area (Å²) >= 11 is 0. The van der Waals surface area contributed by atoms with Gasteiger partial charge < -0.3 is 21.3 Å². The molecule has 1 aromatic rings. The average molecular weight is 315 g/mol. The maximum atomic E-state index is 11.8. The van der Waals surface area contributed by atoms with Gasteiger partial charge in [-0.2, -0.15) is 0 Å². The van der Waals surface area contributed by atoms with Crippen molar-refractivity contribution in [2.24, 2.45) is 5.73 Å². The molecule has 0 saturated carbocycles. The van der Waals surface area contributed by atoms with Gasteiger partial charge in [0.2, 0.25) is 5.91 Å². The molecule has 7 heteroatoms. The normalized spacial score (nSPS) is 11.0. The van der Waals surface area contributed by atoms with E-state index in [1.54, 1.807) is 13.1 Å². The number of hydrogen-bond acceptors (Lipinski definition) is 3. The summed E-state index contributed by atoms with van der Waals surface area (Å²) in [4.78, 5) is 25.0. The lowest BCUT2D eigenvalue weighted by Gasteiger charge is -2.23. The van der Waals surface area contributed by atoms with Gasteiger partial charge in [-0.25, -0.2) is 4.79 Å². The largest absolute Gasteiger partial charge is 0.340 e. The fourth-order valence-corrected chi connectivity index (χ4v) is 1.58. The number of hydrogen-bond donors (Lipinski definition) is 3. The summed E-state index contributed by atoms with van der Waals surface area (Å²) in [7, 11) is 1.67. The van der Waals surface area contributed by atoms with Crippen LogP contribution >= 0.6 is 12.4 Å². The van der Waals surface area contributed by atoms with E-state index < -0.39 is 6.03 Å². The van der Waals surface area contributed by atoms with Gasteiger partial charge in [-0.05, 0) is 31.5 Å². The van der Waals surface area contributed by atoms with Crippen LogP contribution in [0.5, 0.6) is 0 Å². The second-order valence-electron chi connectivity index (χ2n) is 4.77. The Hall–Kier alpha value is -1.79. The molecule has 0 spiro atoms. The molecule has 1 aromatic carbocycles. The van der Waals surface area contributed by atoms with Gasteiger partial charge in [0.05, 0.1) is 6.54 Å². The van der Waals surface area contributed by atoms with Crippen LogP contribution in [0.2, 0.25) is 0 Å². The van der Waals surface area contributed by atoms with Crippen molar-refractivity contribution in [2.45, 2.75) is 19.9 Å². The highest BCUT2D eigenvalue weighted by Gasteiger charge is 2.14. The zero-order valence-corrected chi connectivity index (χ0v) is 13.4. The maximum Gasteiger partial charge on any atom is 0.319 e. The average Bonchev–Trinajstić information content (AvgIpc) is 2.43. The number of aryl methyl sites for hydroxylation is 1. The molecule has 21 heavy (non-hydrogen) atoms. The summed E-state index contributed by atoms with van der Waals surface area (Å²) in [6, 6.07) is 6.98. The van der Waals surface area contributed by atoms with Crippen molar-refractivity contribution >= 4 is 30.0 Å². The Kier molecular flexibility index (Phi) is 8.42. The Labute approximate surface area is 131 Å². The summed E-state index contributed by atoms with van der Waals surface area (Å²) in [5, 5.41) is 5.20. The first-order chi connectivity index (χ1) is 9.43. The monoisotopic (exact) mass is 314 g/mol. The van der Waals surface area contributed by atoms with E-state index in [1.807, 2.05) is 32.0 Å². The molecule has 0 heterocycles. The number of carbonyl (C=O) groups excluding carboxylic acids is 2. The van der Waals surface area contributed by atoms with Crippen LogP contribution in [0.4, 0.5) is 10.5 Å². The molecule has 0 bridgehead atoms. The zero-order chi connectivity index (χ0) is 15.1. The third-order valence-corrected chi connectivity index (χ3v) is 3.07. The van der Waals surface area contributed by atoms with E-state index in [9.17, 15) is 9.59 Å². The van der Waals surface area contributed by atoms with Crippen molar-refractivity contribution < 1.29 is 9.59 Å². The van der Waals surface area contributed by atoms with Crippen LogP contribution in [0, 0.1) is 6.92 Å². The highest BCUT2D eigenvalue weighted by Crippen LogP contribution is 2.08. The number of nitrogens with two attached hydrogens (primary N) is 1. The fraction of sp³-hybridized carbons (Fsp3) is 0.429. The Morgan fingerprint density at radius 3 is 2.62 bits per heavy atom. The van der Waals surface area contributed by atoms with Crippen molar-refractivity contribution in [3.8, 4) is 0 Å².